The van der Waals surface area contributed by atoms with Gasteiger partial charge in [0.15, 0.2) is 0 Å². The smallest absolute Gasteiger partial charge is 0.334 e. The lowest BCUT2D eigenvalue weighted by Gasteiger charge is -2.08. The van der Waals surface area contributed by atoms with Crippen molar-refractivity contribution in [2.75, 3.05) is 6.61 Å². The van der Waals surface area contributed by atoms with E-state index in [4.69, 9.17) is 9.47 Å². The fourth-order valence-corrected chi connectivity index (χ4v) is 2.06. The SMILES string of the molecule is CC(=O)OC/C=C(\C)CC/C=C(\C)CC1C=C(C)C(=O)O1. The molecule has 0 spiro atoms. The van der Waals surface area contributed by atoms with Crippen LogP contribution in [-0.4, -0.2) is 24.6 Å². The minimum absolute atomic E-state index is 0.116. The number of allylic oxidation sites excluding steroid dienone is 2. The highest BCUT2D eigenvalue weighted by atomic mass is 16.5. The third-order valence-corrected chi connectivity index (χ3v) is 3.29. The van der Waals surface area contributed by atoms with Crippen molar-refractivity contribution in [2.24, 2.45) is 0 Å². The van der Waals surface area contributed by atoms with Crippen molar-refractivity contribution < 1.29 is 19.1 Å². The molecule has 0 aromatic rings. The van der Waals surface area contributed by atoms with Crippen LogP contribution >= 0.6 is 0 Å². The van der Waals surface area contributed by atoms with Gasteiger partial charge in [-0.05, 0) is 45.8 Å². The maximum Gasteiger partial charge on any atom is 0.334 e. The average Bonchev–Trinajstić information content (AvgIpc) is 2.67. The van der Waals surface area contributed by atoms with Crippen molar-refractivity contribution in [1.29, 1.82) is 0 Å². The van der Waals surface area contributed by atoms with E-state index in [9.17, 15) is 9.59 Å². The first-order valence-electron chi connectivity index (χ1n) is 7.22. The van der Waals surface area contributed by atoms with Crippen LogP contribution in [-0.2, 0) is 19.1 Å². The zero-order valence-corrected chi connectivity index (χ0v) is 13.3. The average molecular weight is 292 g/mol. The summed E-state index contributed by atoms with van der Waals surface area (Å²) < 4.78 is 10.1. The molecule has 4 nitrogen and oxygen atoms in total. The van der Waals surface area contributed by atoms with E-state index in [1.165, 1.54) is 18.1 Å². The van der Waals surface area contributed by atoms with Gasteiger partial charge in [0.25, 0.3) is 0 Å². The zero-order valence-electron chi connectivity index (χ0n) is 13.3. The topological polar surface area (TPSA) is 52.6 Å². The summed E-state index contributed by atoms with van der Waals surface area (Å²) in [4.78, 5) is 21.9. The number of carbonyl (C=O) groups is 2. The van der Waals surface area contributed by atoms with Gasteiger partial charge >= 0.3 is 11.9 Å². The minimum atomic E-state index is -0.260. The van der Waals surface area contributed by atoms with E-state index >= 15 is 0 Å². The Morgan fingerprint density at radius 3 is 2.57 bits per heavy atom. The standard InChI is InChI=1S/C17H24O4/c1-12(8-9-20-15(4)18)6-5-7-13(2)10-16-11-14(3)17(19)21-16/h7-8,11,16H,5-6,9-10H2,1-4H3/b12-8+,13-7+. The molecule has 0 aromatic carbocycles. The molecule has 0 radical (unpaired) electrons. The van der Waals surface area contributed by atoms with E-state index in [1.807, 2.05) is 26.0 Å². The fraction of sp³-hybridized carbons (Fsp3) is 0.529. The van der Waals surface area contributed by atoms with E-state index < -0.39 is 0 Å². The molecule has 21 heavy (non-hydrogen) atoms. The molecule has 4 heteroatoms. The molecule has 116 valence electrons. The Bertz CT molecular complexity index is 483. The summed E-state index contributed by atoms with van der Waals surface area (Å²) in [5.41, 5.74) is 3.10. The number of carbonyl (C=O) groups excluding carboxylic acids is 2. The van der Waals surface area contributed by atoms with Crippen LogP contribution in [0.25, 0.3) is 0 Å². The fourth-order valence-electron chi connectivity index (χ4n) is 2.06. The van der Waals surface area contributed by atoms with Crippen molar-refractivity contribution in [1.82, 2.24) is 0 Å². The number of hydrogen-bond acceptors (Lipinski definition) is 4. The quantitative estimate of drug-likeness (QED) is 0.532. The van der Waals surface area contributed by atoms with Gasteiger partial charge < -0.3 is 9.47 Å². The van der Waals surface area contributed by atoms with Crippen LogP contribution in [0.1, 0.15) is 47.0 Å². The molecular formula is C17H24O4. The Kier molecular flexibility index (Phi) is 6.92. The van der Waals surface area contributed by atoms with Gasteiger partial charge in [-0.15, -0.1) is 0 Å². The Hall–Kier alpha value is -1.84. The van der Waals surface area contributed by atoms with E-state index in [0.29, 0.717) is 12.2 Å². The highest BCUT2D eigenvalue weighted by Gasteiger charge is 2.21. The summed E-state index contributed by atoms with van der Waals surface area (Å²) in [6.07, 6.45) is 8.46. The lowest BCUT2D eigenvalue weighted by molar-refractivity contribution is -0.140. The molecule has 0 saturated carbocycles. The van der Waals surface area contributed by atoms with E-state index in [0.717, 1.165) is 19.3 Å². The van der Waals surface area contributed by atoms with Gasteiger partial charge in [-0.25, -0.2) is 4.79 Å². The third kappa shape index (κ3) is 6.93. The summed E-state index contributed by atoms with van der Waals surface area (Å²) in [5, 5.41) is 0. The molecular weight excluding hydrogens is 268 g/mol. The molecule has 1 aliphatic heterocycles. The monoisotopic (exact) mass is 292 g/mol. The van der Waals surface area contributed by atoms with Crippen molar-refractivity contribution in [3.05, 3.63) is 34.9 Å². The zero-order chi connectivity index (χ0) is 15.8. The van der Waals surface area contributed by atoms with Crippen molar-refractivity contribution in [3.8, 4) is 0 Å². The van der Waals surface area contributed by atoms with Gasteiger partial charge in [-0.2, -0.15) is 0 Å². The normalized spacial score (nSPS) is 19.3. The Morgan fingerprint density at radius 1 is 1.29 bits per heavy atom. The van der Waals surface area contributed by atoms with Gasteiger partial charge in [-0.3, -0.25) is 4.79 Å². The molecule has 0 bridgehead atoms. The Labute approximate surface area is 126 Å². The van der Waals surface area contributed by atoms with Crippen LogP contribution < -0.4 is 0 Å². The van der Waals surface area contributed by atoms with Crippen molar-refractivity contribution in [2.45, 2.75) is 53.1 Å². The largest absolute Gasteiger partial charge is 0.462 e. The Morgan fingerprint density at radius 2 is 2.00 bits per heavy atom. The lowest BCUT2D eigenvalue weighted by Crippen LogP contribution is -2.08. The van der Waals surface area contributed by atoms with Crippen LogP contribution in [0.2, 0.25) is 0 Å². The van der Waals surface area contributed by atoms with Gasteiger partial charge in [0.2, 0.25) is 0 Å². The first-order chi connectivity index (χ1) is 9.88. The first kappa shape index (κ1) is 17.2. The predicted octanol–water partition coefficient (Wildman–Crippen LogP) is 3.48. The highest BCUT2D eigenvalue weighted by Crippen LogP contribution is 2.20. The molecule has 1 unspecified atom stereocenters. The van der Waals surface area contributed by atoms with Crippen LogP contribution in [0.5, 0.6) is 0 Å². The number of esters is 2. The molecule has 0 fully saturated rings. The summed E-state index contributed by atoms with van der Waals surface area (Å²) in [5.74, 6) is -0.471. The molecule has 0 aliphatic carbocycles. The van der Waals surface area contributed by atoms with Crippen LogP contribution in [0.15, 0.2) is 34.9 Å². The number of ether oxygens (including phenoxy) is 2. The molecule has 0 aromatic heterocycles. The van der Waals surface area contributed by atoms with Gasteiger partial charge in [-0.1, -0.05) is 17.2 Å². The van der Waals surface area contributed by atoms with Crippen LogP contribution in [0.4, 0.5) is 0 Å². The van der Waals surface area contributed by atoms with E-state index in [-0.39, 0.29) is 18.0 Å². The maximum absolute atomic E-state index is 11.3. The first-order valence-corrected chi connectivity index (χ1v) is 7.22. The second-order valence-electron chi connectivity index (χ2n) is 5.44. The van der Waals surface area contributed by atoms with Gasteiger partial charge in [0.05, 0.1) is 0 Å². The summed E-state index contributed by atoms with van der Waals surface area (Å²) in [6, 6.07) is 0. The summed E-state index contributed by atoms with van der Waals surface area (Å²) >= 11 is 0. The molecule has 0 amide bonds. The molecule has 1 rings (SSSR count). The molecule has 1 heterocycles. The van der Waals surface area contributed by atoms with Crippen molar-refractivity contribution in [3.63, 3.8) is 0 Å². The summed E-state index contributed by atoms with van der Waals surface area (Å²) in [6.45, 7) is 7.59. The molecule has 1 atom stereocenters. The Balaban J connectivity index is 2.29. The third-order valence-electron chi connectivity index (χ3n) is 3.29. The second-order valence-corrected chi connectivity index (χ2v) is 5.44. The molecule has 0 saturated heterocycles. The number of hydrogen-bond donors (Lipinski definition) is 0. The summed E-state index contributed by atoms with van der Waals surface area (Å²) in [7, 11) is 0. The molecule has 1 aliphatic rings. The van der Waals surface area contributed by atoms with Crippen molar-refractivity contribution >= 4 is 11.9 Å². The molecule has 0 N–H and O–H groups in total. The minimum Gasteiger partial charge on any atom is -0.462 e. The van der Waals surface area contributed by atoms with E-state index in [1.54, 1.807) is 6.92 Å². The maximum atomic E-state index is 11.3. The highest BCUT2D eigenvalue weighted by molar-refractivity contribution is 5.90. The van der Waals surface area contributed by atoms with Gasteiger partial charge in [0.1, 0.15) is 12.7 Å². The van der Waals surface area contributed by atoms with E-state index in [2.05, 4.69) is 6.08 Å². The lowest BCUT2D eigenvalue weighted by atomic mass is 10.1. The van der Waals surface area contributed by atoms with Crippen LogP contribution in [0.3, 0.4) is 0 Å². The van der Waals surface area contributed by atoms with Gasteiger partial charge in [0, 0.05) is 18.9 Å². The number of rotatable bonds is 7. The predicted molar refractivity (Wildman–Crippen MR) is 81.6 cm³/mol. The number of cyclic esters (lactones) is 1. The van der Waals surface area contributed by atoms with Crippen LogP contribution in [0, 0.1) is 0 Å². The second kappa shape index (κ2) is 8.45.